The Bertz CT molecular complexity index is 872. The maximum Gasteiger partial charge on any atom is 0.256 e. The van der Waals surface area contributed by atoms with E-state index >= 15 is 0 Å². The normalized spacial score (nSPS) is 10.5. The molecule has 0 aliphatic heterocycles. The van der Waals surface area contributed by atoms with Crippen LogP contribution in [-0.2, 0) is 6.42 Å². The highest BCUT2D eigenvalue weighted by Gasteiger charge is 2.09. The second-order valence-electron chi connectivity index (χ2n) is 5.39. The lowest BCUT2D eigenvalue weighted by Gasteiger charge is -2.09. The summed E-state index contributed by atoms with van der Waals surface area (Å²) < 4.78 is 0. The first kappa shape index (κ1) is 14.8. The number of nitrogens with two attached hydrogens (primary N) is 1. The van der Waals surface area contributed by atoms with Gasteiger partial charge in [-0.05, 0) is 30.7 Å². The van der Waals surface area contributed by atoms with Gasteiger partial charge in [-0.1, -0.05) is 36.4 Å². The van der Waals surface area contributed by atoms with E-state index in [1.54, 1.807) is 12.1 Å². The third kappa shape index (κ3) is 3.58. The van der Waals surface area contributed by atoms with Crippen molar-refractivity contribution < 1.29 is 0 Å². The minimum atomic E-state index is -0.132. The van der Waals surface area contributed by atoms with Crippen molar-refractivity contribution in [3.8, 4) is 0 Å². The minimum Gasteiger partial charge on any atom is -0.399 e. The van der Waals surface area contributed by atoms with E-state index in [-0.39, 0.29) is 5.56 Å². The second kappa shape index (κ2) is 6.36. The highest BCUT2D eigenvalue weighted by molar-refractivity contribution is 5.59. The first-order valence-electron chi connectivity index (χ1n) is 7.38. The smallest absolute Gasteiger partial charge is 0.256 e. The van der Waals surface area contributed by atoms with Crippen molar-refractivity contribution in [2.24, 2.45) is 0 Å². The number of rotatable bonds is 4. The highest BCUT2D eigenvalue weighted by Crippen LogP contribution is 2.16. The summed E-state index contributed by atoms with van der Waals surface area (Å²) in [5.41, 5.74) is 9.52. The number of hydrogen-bond acceptors (Lipinski definition) is 4. The van der Waals surface area contributed by atoms with Crippen LogP contribution < -0.4 is 16.6 Å². The summed E-state index contributed by atoms with van der Waals surface area (Å²) in [7, 11) is 0. The Hall–Kier alpha value is -3.08. The van der Waals surface area contributed by atoms with Gasteiger partial charge in [0.2, 0.25) is 5.95 Å². The Balaban J connectivity index is 1.87. The van der Waals surface area contributed by atoms with E-state index in [2.05, 4.69) is 15.3 Å². The van der Waals surface area contributed by atoms with Crippen LogP contribution in [0.4, 0.5) is 17.3 Å². The predicted octanol–water partition coefficient (Wildman–Crippen LogP) is 2.99. The molecule has 0 aliphatic rings. The van der Waals surface area contributed by atoms with Gasteiger partial charge in [0.25, 0.3) is 5.56 Å². The van der Waals surface area contributed by atoms with Crippen molar-refractivity contribution in [1.82, 2.24) is 9.97 Å². The molecule has 5 nitrogen and oxygen atoms in total. The van der Waals surface area contributed by atoms with Gasteiger partial charge in [-0.25, -0.2) is 4.98 Å². The van der Waals surface area contributed by atoms with Crippen molar-refractivity contribution in [3.63, 3.8) is 0 Å². The van der Waals surface area contributed by atoms with Crippen molar-refractivity contribution >= 4 is 17.3 Å². The van der Waals surface area contributed by atoms with Crippen molar-refractivity contribution in [2.45, 2.75) is 13.3 Å². The Morgan fingerprint density at radius 1 is 1.13 bits per heavy atom. The zero-order valence-corrected chi connectivity index (χ0v) is 12.8. The highest BCUT2D eigenvalue weighted by atomic mass is 16.1. The number of nitrogen functional groups attached to an aromatic ring is 1. The third-order valence-electron chi connectivity index (χ3n) is 3.60. The summed E-state index contributed by atoms with van der Waals surface area (Å²) in [6.07, 6.45) is 0.563. The van der Waals surface area contributed by atoms with E-state index in [0.717, 1.165) is 11.3 Å². The van der Waals surface area contributed by atoms with E-state index in [9.17, 15) is 4.79 Å². The molecule has 0 unspecified atom stereocenters. The molecule has 0 bridgehead atoms. The average Bonchev–Trinajstić information content (AvgIpc) is 2.52. The van der Waals surface area contributed by atoms with E-state index in [1.165, 1.54) is 0 Å². The van der Waals surface area contributed by atoms with E-state index in [1.807, 2.05) is 49.4 Å². The van der Waals surface area contributed by atoms with Crippen molar-refractivity contribution in [2.75, 3.05) is 11.1 Å². The second-order valence-corrected chi connectivity index (χ2v) is 5.39. The Kier molecular flexibility index (Phi) is 4.10. The fraction of sp³-hybridized carbons (Fsp3) is 0.111. The molecule has 0 aliphatic carbocycles. The molecule has 4 N–H and O–H groups in total. The number of benzene rings is 2. The van der Waals surface area contributed by atoms with Gasteiger partial charge in [0.05, 0.1) is 5.69 Å². The number of aromatic nitrogens is 2. The average molecular weight is 306 g/mol. The molecule has 116 valence electrons. The summed E-state index contributed by atoms with van der Waals surface area (Å²) >= 11 is 0. The molecule has 3 rings (SSSR count). The molecule has 0 saturated heterocycles. The number of aromatic amines is 1. The molecule has 0 spiro atoms. The van der Waals surface area contributed by atoms with Crippen LogP contribution in [0.5, 0.6) is 0 Å². The molecule has 0 amide bonds. The number of nitrogens with zero attached hydrogens (tertiary/aromatic N) is 1. The van der Waals surface area contributed by atoms with Crippen LogP contribution in [0.1, 0.15) is 16.8 Å². The van der Waals surface area contributed by atoms with Crippen molar-refractivity contribution in [3.05, 3.63) is 81.8 Å². The summed E-state index contributed by atoms with van der Waals surface area (Å²) in [5.74, 6) is 0.412. The van der Waals surface area contributed by atoms with Gasteiger partial charge in [0.15, 0.2) is 0 Å². The molecule has 3 aromatic rings. The first-order valence-corrected chi connectivity index (χ1v) is 7.38. The summed E-state index contributed by atoms with van der Waals surface area (Å²) in [5, 5.41) is 3.07. The summed E-state index contributed by atoms with van der Waals surface area (Å²) in [4.78, 5) is 19.6. The topological polar surface area (TPSA) is 83.8 Å². The lowest BCUT2D eigenvalue weighted by Crippen LogP contribution is -2.18. The van der Waals surface area contributed by atoms with E-state index in [4.69, 9.17) is 5.73 Å². The molecular formula is C18H18N4O. The van der Waals surface area contributed by atoms with Crippen LogP contribution >= 0.6 is 0 Å². The van der Waals surface area contributed by atoms with E-state index < -0.39 is 0 Å². The number of nitrogens with one attached hydrogen (secondary N) is 2. The molecule has 0 radical (unpaired) electrons. The molecule has 0 saturated carbocycles. The molecule has 0 atom stereocenters. The quantitative estimate of drug-likeness (QED) is 0.647. The number of H-pyrrole nitrogens is 1. The number of anilines is 3. The van der Waals surface area contributed by atoms with Gasteiger partial charge >= 0.3 is 0 Å². The van der Waals surface area contributed by atoms with Crippen LogP contribution in [0.15, 0.2) is 59.4 Å². The SMILES string of the molecule is Cc1nc(Nc2cccc(N)c2)[nH]c(=O)c1Cc1ccccc1. The van der Waals surface area contributed by atoms with Gasteiger partial charge < -0.3 is 11.1 Å². The van der Waals surface area contributed by atoms with Crippen LogP contribution in [0, 0.1) is 6.92 Å². The van der Waals surface area contributed by atoms with Gasteiger partial charge in [-0.3, -0.25) is 9.78 Å². The first-order chi connectivity index (χ1) is 11.1. The lowest BCUT2D eigenvalue weighted by molar-refractivity contribution is 0.986. The molecule has 23 heavy (non-hydrogen) atoms. The zero-order valence-electron chi connectivity index (χ0n) is 12.8. The Morgan fingerprint density at radius 3 is 2.61 bits per heavy atom. The maximum absolute atomic E-state index is 12.4. The molecule has 5 heteroatoms. The van der Waals surface area contributed by atoms with Gasteiger partial charge in [0, 0.05) is 23.4 Å². The van der Waals surface area contributed by atoms with E-state index in [0.29, 0.717) is 29.3 Å². The predicted molar refractivity (Wildman–Crippen MR) is 93.0 cm³/mol. The number of hydrogen-bond donors (Lipinski definition) is 3. The maximum atomic E-state index is 12.4. The Morgan fingerprint density at radius 2 is 1.91 bits per heavy atom. The Labute approximate surface area is 134 Å². The fourth-order valence-corrected chi connectivity index (χ4v) is 2.43. The molecular weight excluding hydrogens is 288 g/mol. The van der Waals surface area contributed by atoms with Gasteiger partial charge in [-0.15, -0.1) is 0 Å². The van der Waals surface area contributed by atoms with Gasteiger partial charge in [0.1, 0.15) is 0 Å². The van der Waals surface area contributed by atoms with Crippen LogP contribution in [-0.4, -0.2) is 9.97 Å². The minimum absolute atomic E-state index is 0.132. The summed E-state index contributed by atoms with van der Waals surface area (Å²) in [6, 6.07) is 17.2. The van der Waals surface area contributed by atoms with Crippen molar-refractivity contribution in [1.29, 1.82) is 0 Å². The van der Waals surface area contributed by atoms with Gasteiger partial charge in [-0.2, -0.15) is 0 Å². The standard InChI is InChI=1S/C18H18N4O/c1-12-16(10-13-6-3-2-4-7-13)17(23)22-18(20-12)21-15-9-5-8-14(19)11-15/h2-9,11H,10,19H2,1H3,(H2,20,21,22,23). The summed E-state index contributed by atoms with van der Waals surface area (Å²) in [6.45, 7) is 1.85. The fourth-order valence-electron chi connectivity index (χ4n) is 2.43. The van der Waals surface area contributed by atoms with Crippen LogP contribution in [0.25, 0.3) is 0 Å². The third-order valence-corrected chi connectivity index (χ3v) is 3.60. The monoisotopic (exact) mass is 306 g/mol. The molecule has 1 heterocycles. The zero-order chi connectivity index (χ0) is 16.2. The van der Waals surface area contributed by atoms with Crippen LogP contribution in [0.3, 0.4) is 0 Å². The molecule has 0 fully saturated rings. The van der Waals surface area contributed by atoms with Crippen LogP contribution in [0.2, 0.25) is 0 Å². The molecule has 1 aromatic heterocycles. The lowest BCUT2D eigenvalue weighted by atomic mass is 10.1. The molecule has 2 aromatic carbocycles. The largest absolute Gasteiger partial charge is 0.399 e. The number of aryl methyl sites for hydroxylation is 1.